The van der Waals surface area contributed by atoms with E-state index in [1.807, 2.05) is 0 Å². The number of rotatable bonds is 3. The van der Waals surface area contributed by atoms with Crippen molar-refractivity contribution in [3.05, 3.63) is 188 Å². The van der Waals surface area contributed by atoms with Crippen molar-refractivity contribution in [2.45, 2.75) is 0 Å². The zero-order valence-electron chi connectivity index (χ0n) is 27.8. The first-order chi connectivity index (χ1) is 25.3. The van der Waals surface area contributed by atoms with Crippen molar-refractivity contribution in [1.82, 2.24) is 4.57 Å². The van der Waals surface area contributed by atoms with E-state index < -0.39 is 0 Å². The van der Waals surface area contributed by atoms with Crippen LogP contribution in [-0.4, -0.2) is 4.57 Å². The lowest BCUT2D eigenvalue weighted by atomic mass is 9.86. The molecule has 1 heteroatoms. The van der Waals surface area contributed by atoms with Crippen molar-refractivity contribution >= 4 is 75.7 Å². The molecule has 51 heavy (non-hydrogen) atoms. The average Bonchev–Trinajstić information content (AvgIpc) is 3.55. The van der Waals surface area contributed by atoms with Crippen LogP contribution in [0.15, 0.2) is 188 Å². The van der Waals surface area contributed by atoms with E-state index in [0.29, 0.717) is 0 Å². The molecule has 0 saturated carbocycles. The lowest BCUT2D eigenvalue weighted by Crippen LogP contribution is -1.95. The maximum Gasteiger partial charge on any atom is 0.0547 e. The van der Waals surface area contributed by atoms with Crippen molar-refractivity contribution in [2.75, 3.05) is 0 Å². The van der Waals surface area contributed by atoms with Gasteiger partial charge in [0.1, 0.15) is 0 Å². The highest BCUT2D eigenvalue weighted by Gasteiger charge is 2.19. The number of nitrogens with zero attached hydrogens (tertiary/aromatic N) is 1. The minimum absolute atomic E-state index is 1.16. The molecule has 236 valence electrons. The van der Waals surface area contributed by atoms with Gasteiger partial charge in [0.2, 0.25) is 0 Å². The molecule has 1 heterocycles. The van der Waals surface area contributed by atoms with Crippen molar-refractivity contribution in [3.63, 3.8) is 0 Å². The van der Waals surface area contributed by atoms with Crippen LogP contribution in [0.3, 0.4) is 0 Å². The predicted octanol–water partition coefficient (Wildman–Crippen LogP) is 13.9. The first kappa shape index (κ1) is 28.2. The van der Waals surface area contributed by atoms with Gasteiger partial charge in [-0.15, -0.1) is 0 Å². The largest absolute Gasteiger partial charge is 0.309 e. The van der Waals surface area contributed by atoms with Crippen LogP contribution >= 0.6 is 0 Å². The quantitative estimate of drug-likeness (QED) is 0.169. The Hall–Kier alpha value is -6.70. The van der Waals surface area contributed by atoms with Gasteiger partial charge in [0.25, 0.3) is 0 Å². The Morgan fingerprint density at radius 1 is 0.275 bits per heavy atom. The second-order valence-electron chi connectivity index (χ2n) is 13.7. The van der Waals surface area contributed by atoms with Crippen molar-refractivity contribution in [3.8, 4) is 27.9 Å². The molecule has 0 bridgehead atoms. The van der Waals surface area contributed by atoms with E-state index in [0.717, 1.165) is 5.69 Å². The molecule has 10 aromatic carbocycles. The number of fused-ring (bicyclic) bond motifs is 10. The Morgan fingerprint density at radius 3 is 1.33 bits per heavy atom. The van der Waals surface area contributed by atoms with E-state index in [-0.39, 0.29) is 0 Å². The molecule has 11 rings (SSSR count). The van der Waals surface area contributed by atoms with Gasteiger partial charge in [-0.05, 0) is 113 Å². The Labute approximate surface area is 295 Å². The van der Waals surface area contributed by atoms with Crippen LogP contribution in [0.25, 0.3) is 104 Å². The summed E-state index contributed by atoms with van der Waals surface area (Å²) in [5, 5.41) is 15.3. The van der Waals surface area contributed by atoms with Gasteiger partial charge in [-0.25, -0.2) is 0 Å². The van der Waals surface area contributed by atoms with Gasteiger partial charge in [0.15, 0.2) is 0 Å². The van der Waals surface area contributed by atoms with Crippen molar-refractivity contribution < 1.29 is 0 Å². The van der Waals surface area contributed by atoms with Gasteiger partial charge >= 0.3 is 0 Å². The SMILES string of the molecule is c1ccc(-c2c3ccccc3c(-c3ccc(-n4c5ccc6ccccc6c5c5c6cc7ccccc7cc6ccc54)cc3)c3ccccc23)cc1. The first-order valence-corrected chi connectivity index (χ1v) is 17.7. The molecule has 11 aromatic rings. The third-order valence-electron chi connectivity index (χ3n) is 10.9. The molecule has 0 saturated heterocycles. The molecule has 0 fully saturated rings. The molecular weight excluding hydrogens is 615 g/mol. The van der Waals surface area contributed by atoms with Crippen LogP contribution < -0.4 is 0 Å². The smallest absolute Gasteiger partial charge is 0.0547 e. The number of aromatic nitrogens is 1. The first-order valence-electron chi connectivity index (χ1n) is 17.7. The molecular formula is C50H31N. The summed E-state index contributed by atoms with van der Waals surface area (Å²) in [6.45, 7) is 0. The maximum atomic E-state index is 2.46. The van der Waals surface area contributed by atoms with E-state index >= 15 is 0 Å². The van der Waals surface area contributed by atoms with E-state index in [1.165, 1.54) is 97.9 Å². The lowest BCUT2D eigenvalue weighted by molar-refractivity contribution is 1.18. The van der Waals surface area contributed by atoms with Crippen LogP contribution in [0, 0.1) is 0 Å². The van der Waals surface area contributed by atoms with Crippen LogP contribution in [0.2, 0.25) is 0 Å². The predicted molar refractivity (Wildman–Crippen MR) is 219 cm³/mol. The number of hydrogen-bond donors (Lipinski definition) is 0. The minimum atomic E-state index is 1.16. The molecule has 0 N–H and O–H groups in total. The Morgan fingerprint density at radius 2 is 0.725 bits per heavy atom. The summed E-state index contributed by atoms with van der Waals surface area (Å²) < 4.78 is 2.46. The van der Waals surface area contributed by atoms with E-state index in [2.05, 4.69) is 193 Å². The summed E-state index contributed by atoms with van der Waals surface area (Å²) in [4.78, 5) is 0. The van der Waals surface area contributed by atoms with Crippen LogP contribution in [0.4, 0.5) is 0 Å². The number of hydrogen-bond acceptors (Lipinski definition) is 0. The fraction of sp³-hybridized carbons (Fsp3) is 0. The van der Waals surface area contributed by atoms with E-state index in [9.17, 15) is 0 Å². The molecule has 0 aliphatic heterocycles. The molecule has 1 aromatic heterocycles. The molecule has 0 radical (unpaired) electrons. The average molecular weight is 646 g/mol. The molecule has 0 spiro atoms. The monoisotopic (exact) mass is 645 g/mol. The number of benzene rings is 10. The Bertz CT molecular complexity index is 3110. The third-order valence-corrected chi connectivity index (χ3v) is 10.9. The molecule has 0 amide bonds. The minimum Gasteiger partial charge on any atom is -0.309 e. The maximum absolute atomic E-state index is 2.46. The fourth-order valence-electron chi connectivity index (χ4n) is 8.70. The molecule has 0 aliphatic rings. The highest BCUT2D eigenvalue weighted by atomic mass is 15.0. The summed E-state index contributed by atoms with van der Waals surface area (Å²) in [5.74, 6) is 0. The summed E-state index contributed by atoms with van der Waals surface area (Å²) >= 11 is 0. The molecule has 0 atom stereocenters. The van der Waals surface area contributed by atoms with Crippen molar-refractivity contribution in [2.24, 2.45) is 0 Å². The lowest BCUT2D eigenvalue weighted by Gasteiger charge is -2.18. The van der Waals surface area contributed by atoms with Crippen LogP contribution in [0.1, 0.15) is 0 Å². The fourth-order valence-corrected chi connectivity index (χ4v) is 8.70. The van der Waals surface area contributed by atoms with Gasteiger partial charge in [-0.3, -0.25) is 0 Å². The zero-order chi connectivity index (χ0) is 33.5. The topological polar surface area (TPSA) is 4.93 Å². The Kier molecular flexibility index (Phi) is 6.02. The summed E-state index contributed by atoms with van der Waals surface area (Å²) in [6.07, 6.45) is 0. The van der Waals surface area contributed by atoms with Gasteiger partial charge < -0.3 is 4.57 Å². The zero-order valence-corrected chi connectivity index (χ0v) is 27.8. The second kappa shape index (κ2) is 10.9. The summed E-state index contributed by atoms with van der Waals surface area (Å²) in [7, 11) is 0. The van der Waals surface area contributed by atoms with Crippen molar-refractivity contribution in [1.29, 1.82) is 0 Å². The summed E-state index contributed by atoms with van der Waals surface area (Å²) in [6, 6.07) is 69.2. The van der Waals surface area contributed by atoms with E-state index in [4.69, 9.17) is 0 Å². The van der Waals surface area contributed by atoms with Crippen LogP contribution in [-0.2, 0) is 0 Å². The van der Waals surface area contributed by atoms with Gasteiger partial charge in [-0.2, -0.15) is 0 Å². The van der Waals surface area contributed by atoms with Gasteiger partial charge in [0, 0.05) is 16.5 Å². The third kappa shape index (κ3) is 4.16. The molecule has 1 nitrogen and oxygen atoms in total. The van der Waals surface area contributed by atoms with E-state index in [1.54, 1.807) is 0 Å². The Balaban J connectivity index is 1.18. The summed E-state index contributed by atoms with van der Waals surface area (Å²) in [5.41, 5.74) is 8.63. The van der Waals surface area contributed by atoms with Crippen LogP contribution in [0.5, 0.6) is 0 Å². The highest BCUT2D eigenvalue weighted by molar-refractivity contribution is 6.29. The molecule has 0 unspecified atom stereocenters. The van der Waals surface area contributed by atoms with Gasteiger partial charge in [-0.1, -0.05) is 152 Å². The standard InChI is InChI=1S/C50H31N/c1-2-13-33(14-3-1)47-40-18-8-10-20-42(40)48(43-21-11-9-19-41(43)47)34-22-26-38(27-23-34)51-45-28-24-32-12-6-7-17-39(32)49(45)50-44-31-36-16-5-4-15-35(36)30-37(44)25-29-46(50)51/h1-31H. The highest BCUT2D eigenvalue weighted by Crippen LogP contribution is 2.45. The normalized spacial score (nSPS) is 11.9. The van der Waals surface area contributed by atoms with Gasteiger partial charge in [0.05, 0.1) is 11.0 Å². The second-order valence-corrected chi connectivity index (χ2v) is 13.7. The molecule has 0 aliphatic carbocycles.